The van der Waals surface area contributed by atoms with Gasteiger partial charge in [-0.25, -0.2) is 0 Å². The van der Waals surface area contributed by atoms with Gasteiger partial charge in [0.05, 0.1) is 5.41 Å². The Morgan fingerprint density at radius 3 is 2.17 bits per heavy atom. The molecule has 4 bridgehead atoms. The van der Waals surface area contributed by atoms with Crippen LogP contribution in [-0.4, -0.2) is 29.4 Å². The predicted molar refractivity (Wildman–Crippen MR) is 131 cm³/mol. The second-order valence-corrected chi connectivity index (χ2v) is 10.7. The van der Waals surface area contributed by atoms with Crippen molar-refractivity contribution in [3.8, 4) is 11.5 Å². The highest BCUT2D eigenvalue weighted by Gasteiger charge is 2.61. The summed E-state index contributed by atoms with van der Waals surface area (Å²) in [6, 6.07) is 16.5. The second-order valence-electron chi connectivity index (χ2n) is 10.7. The second kappa shape index (κ2) is 9.02. The van der Waals surface area contributed by atoms with E-state index in [0.717, 1.165) is 37.9 Å². The number of carbonyl (C=O) groups is 3. The van der Waals surface area contributed by atoms with Gasteiger partial charge in [0.25, 0.3) is 5.91 Å². The number of benzene rings is 2. The topological polar surface area (TPSA) is 93.7 Å². The largest absolute Gasteiger partial charge is 0.457 e. The number of esters is 1. The molecule has 0 aliphatic heterocycles. The Morgan fingerprint density at radius 1 is 0.914 bits per heavy atom. The van der Waals surface area contributed by atoms with Crippen molar-refractivity contribution < 1.29 is 23.9 Å². The van der Waals surface area contributed by atoms with Crippen LogP contribution in [0.25, 0.3) is 0 Å². The standard InChI is InChI=1S/C28H32N2O5/c1-18(25(32)29-22-8-10-24(11-9-22)35-23-6-4-3-5-7-23)34-26(33)27-13-20-12-21(14-27)16-28(15-20,17-27)30-19(2)31/h3-11,18,20-21H,12-17H2,1-2H3,(H,29,32)(H,30,31). The van der Waals surface area contributed by atoms with Crippen molar-refractivity contribution in [2.75, 3.05) is 5.32 Å². The van der Waals surface area contributed by atoms with E-state index in [9.17, 15) is 14.4 Å². The number of amides is 2. The molecular weight excluding hydrogens is 444 g/mol. The van der Waals surface area contributed by atoms with Crippen LogP contribution in [0.3, 0.4) is 0 Å². The van der Waals surface area contributed by atoms with E-state index < -0.39 is 11.5 Å². The molecule has 184 valence electrons. The van der Waals surface area contributed by atoms with Crippen molar-refractivity contribution in [1.82, 2.24) is 5.32 Å². The third-order valence-corrected chi connectivity index (χ3v) is 7.69. The highest BCUT2D eigenvalue weighted by molar-refractivity contribution is 5.95. The lowest BCUT2D eigenvalue weighted by Gasteiger charge is -2.60. The van der Waals surface area contributed by atoms with Crippen LogP contribution in [0.4, 0.5) is 5.69 Å². The molecule has 7 heteroatoms. The number of para-hydroxylation sites is 1. The third kappa shape index (κ3) is 4.90. The van der Waals surface area contributed by atoms with Gasteiger partial charge in [0.15, 0.2) is 6.10 Å². The molecule has 0 spiro atoms. The SMILES string of the molecule is CC(=O)NC12CC3CC(C1)CC(C(=O)OC(C)C(=O)Nc1ccc(Oc4ccccc4)cc1)(C3)C2. The maximum atomic E-state index is 13.4. The first-order chi connectivity index (χ1) is 16.7. The minimum absolute atomic E-state index is 0.0524. The number of hydrogen-bond acceptors (Lipinski definition) is 5. The molecule has 4 aliphatic rings. The van der Waals surface area contributed by atoms with Gasteiger partial charge in [-0.15, -0.1) is 0 Å². The third-order valence-electron chi connectivity index (χ3n) is 7.69. The Morgan fingerprint density at radius 2 is 1.54 bits per heavy atom. The van der Waals surface area contributed by atoms with Crippen LogP contribution in [0.2, 0.25) is 0 Å². The van der Waals surface area contributed by atoms with Crippen LogP contribution in [0.5, 0.6) is 11.5 Å². The van der Waals surface area contributed by atoms with E-state index in [1.54, 1.807) is 31.2 Å². The Labute approximate surface area is 205 Å². The maximum Gasteiger partial charge on any atom is 0.312 e. The van der Waals surface area contributed by atoms with Crippen molar-refractivity contribution >= 4 is 23.5 Å². The Bertz CT molecular complexity index is 1100. The molecule has 6 rings (SSSR count). The van der Waals surface area contributed by atoms with Gasteiger partial charge in [0.2, 0.25) is 5.91 Å². The van der Waals surface area contributed by atoms with E-state index in [0.29, 0.717) is 29.7 Å². The quantitative estimate of drug-likeness (QED) is 0.559. The maximum absolute atomic E-state index is 13.4. The van der Waals surface area contributed by atoms with E-state index in [-0.39, 0.29) is 23.3 Å². The van der Waals surface area contributed by atoms with Crippen molar-refractivity contribution in [3.05, 3.63) is 54.6 Å². The summed E-state index contributed by atoms with van der Waals surface area (Å²) in [7, 11) is 0. The number of hydrogen-bond donors (Lipinski definition) is 2. The molecule has 7 nitrogen and oxygen atoms in total. The molecule has 4 fully saturated rings. The Balaban J connectivity index is 1.20. The van der Waals surface area contributed by atoms with Gasteiger partial charge in [0, 0.05) is 18.2 Å². The molecule has 2 amide bonds. The van der Waals surface area contributed by atoms with Crippen molar-refractivity contribution in [3.63, 3.8) is 0 Å². The normalized spacial score (nSPS) is 29.2. The molecule has 3 atom stereocenters. The molecule has 0 radical (unpaired) electrons. The number of ether oxygens (including phenoxy) is 2. The average Bonchev–Trinajstić information content (AvgIpc) is 2.79. The summed E-state index contributed by atoms with van der Waals surface area (Å²) in [5.41, 5.74) is -0.334. The number of rotatable bonds is 7. The minimum atomic E-state index is -0.924. The molecule has 0 aromatic heterocycles. The summed E-state index contributed by atoms with van der Waals surface area (Å²) in [6.07, 6.45) is 4.20. The summed E-state index contributed by atoms with van der Waals surface area (Å²) in [5.74, 6) is 1.47. The zero-order chi connectivity index (χ0) is 24.6. The molecule has 35 heavy (non-hydrogen) atoms. The Hall–Kier alpha value is -3.35. The van der Waals surface area contributed by atoms with E-state index in [2.05, 4.69) is 10.6 Å². The van der Waals surface area contributed by atoms with E-state index in [1.165, 1.54) is 6.92 Å². The van der Waals surface area contributed by atoms with Gasteiger partial charge in [-0.3, -0.25) is 14.4 Å². The molecule has 2 aromatic rings. The van der Waals surface area contributed by atoms with Crippen molar-refractivity contribution in [2.24, 2.45) is 17.3 Å². The van der Waals surface area contributed by atoms with Crippen LogP contribution in [0.1, 0.15) is 52.4 Å². The number of nitrogens with one attached hydrogen (secondary N) is 2. The van der Waals surface area contributed by atoms with Crippen LogP contribution in [-0.2, 0) is 19.1 Å². The summed E-state index contributed by atoms with van der Waals surface area (Å²) in [5, 5.41) is 5.98. The van der Waals surface area contributed by atoms with Gasteiger partial charge < -0.3 is 20.1 Å². The minimum Gasteiger partial charge on any atom is -0.457 e. The average molecular weight is 477 g/mol. The summed E-state index contributed by atoms with van der Waals surface area (Å²) in [4.78, 5) is 38.0. The molecule has 0 heterocycles. The zero-order valence-electron chi connectivity index (χ0n) is 20.2. The lowest BCUT2D eigenvalue weighted by molar-refractivity contribution is -0.181. The van der Waals surface area contributed by atoms with Crippen LogP contribution < -0.4 is 15.4 Å². The van der Waals surface area contributed by atoms with E-state index >= 15 is 0 Å². The highest BCUT2D eigenvalue weighted by Crippen LogP contribution is 2.62. The van der Waals surface area contributed by atoms with Gasteiger partial charge in [0.1, 0.15) is 11.5 Å². The van der Waals surface area contributed by atoms with Gasteiger partial charge in [-0.1, -0.05) is 18.2 Å². The first-order valence-electron chi connectivity index (χ1n) is 12.4. The van der Waals surface area contributed by atoms with Crippen LogP contribution >= 0.6 is 0 Å². The fourth-order valence-corrected chi connectivity index (χ4v) is 6.83. The van der Waals surface area contributed by atoms with Crippen LogP contribution in [0.15, 0.2) is 54.6 Å². The molecule has 0 saturated heterocycles. The lowest BCUT2D eigenvalue weighted by Crippen LogP contribution is -2.65. The number of anilines is 1. The van der Waals surface area contributed by atoms with Gasteiger partial charge >= 0.3 is 5.97 Å². The zero-order valence-corrected chi connectivity index (χ0v) is 20.2. The fourth-order valence-electron chi connectivity index (χ4n) is 6.83. The molecule has 4 saturated carbocycles. The lowest BCUT2D eigenvalue weighted by atomic mass is 9.47. The van der Waals surface area contributed by atoms with Crippen LogP contribution in [0, 0.1) is 17.3 Å². The smallest absolute Gasteiger partial charge is 0.312 e. The molecule has 2 aromatic carbocycles. The van der Waals surface area contributed by atoms with E-state index in [1.807, 2.05) is 30.3 Å². The predicted octanol–water partition coefficient (Wildman–Crippen LogP) is 4.82. The summed E-state index contributed by atoms with van der Waals surface area (Å²) < 4.78 is 11.5. The first-order valence-corrected chi connectivity index (χ1v) is 12.4. The van der Waals surface area contributed by atoms with E-state index in [4.69, 9.17) is 9.47 Å². The summed E-state index contributed by atoms with van der Waals surface area (Å²) in [6.45, 7) is 3.14. The van der Waals surface area contributed by atoms with Crippen molar-refractivity contribution in [1.29, 1.82) is 0 Å². The van der Waals surface area contributed by atoms with Gasteiger partial charge in [-0.05, 0) is 93.7 Å². The molecular formula is C28H32N2O5. The monoisotopic (exact) mass is 476 g/mol. The molecule has 2 N–H and O–H groups in total. The van der Waals surface area contributed by atoms with Gasteiger partial charge in [-0.2, -0.15) is 0 Å². The first kappa shape index (κ1) is 23.4. The number of carbonyl (C=O) groups excluding carboxylic acids is 3. The summed E-state index contributed by atoms with van der Waals surface area (Å²) >= 11 is 0. The fraction of sp³-hybridized carbons (Fsp3) is 0.464. The van der Waals surface area contributed by atoms with Crippen molar-refractivity contribution in [2.45, 2.75) is 64.0 Å². The highest BCUT2D eigenvalue weighted by atomic mass is 16.5. The Kier molecular flexibility index (Phi) is 6.03. The molecule has 3 unspecified atom stereocenters. The molecule has 4 aliphatic carbocycles.